The van der Waals surface area contributed by atoms with Crippen LogP contribution in [-0.4, -0.2) is 23.5 Å². The number of rotatable bonds is 3. The Balaban J connectivity index is 3.22. The first-order valence-corrected chi connectivity index (χ1v) is 4.35. The van der Waals surface area contributed by atoms with Crippen molar-refractivity contribution in [3.05, 3.63) is 34.9 Å². The molecule has 88 valence electrons. The summed E-state index contributed by atoms with van der Waals surface area (Å²) in [6, 6.07) is 2.49. The van der Waals surface area contributed by atoms with Gasteiger partial charge >= 0.3 is 5.97 Å². The third-order valence-corrected chi connectivity index (χ3v) is 1.86. The summed E-state index contributed by atoms with van der Waals surface area (Å²) in [5, 5.41) is 19.0. The van der Waals surface area contributed by atoms with E-state index < -0.39 is 34.6 Å². The summed E-state index contributed by atoms with van der Waals surface area (Å²) >= 11 is 0. The van der Waals surface area contributed by atoms with Gasteiger partial charge in [0.2, 0.25) is 0 Å². The van der Waals surface area contributed by atoms with Gasteiger partial charge in [0, 0.05) is 0 Å². The lowest BCUT2D eigenvalue weighted by molar-refractivity contribution is 0.0690. The molecule has 7 heteroatoms. The van der Waals surface area contributed by atoms with Crippen molar-refractivity contribution in [1.82, 2.24) is 5.32 Å². The number of nitriles is 1. The molecule has 0 aromatic heterocycles. The van der Waals surface area contributed by atoms with Crippen LogP contribution in [-0.2, 0) is 0 Å². The molecule has 0 saturated carbocycles. The van der Waals surface area contributed by atoms with Crippen LogP contribution in [0.3, 0.4) is 0 Å². The fourth-order valence-electron chi connectivity index (χ4n) is 1.13. The molecule has 2 N–H and O–H groups in total. The van der Waals surface area contributed by atoms with Crippen molar-refractivity contribution in [2.24, 2.45) is 0 Å². The maximum atomic E-state index is 12.9. The summed E-state index contributed by atoms with van der Waals surface area (Å²) in [4.78, 5) is 22.1. The Morgan fingerprint density at radius 3 is 2.29 bits per heavy atom. The average molecular weight is 240 g/mol. The van der Waals surface area contributed by atoms with E-state index in [2.05, 4.69) is 0 Å². The van der Waals surface area contributed by atoms with E-state index >= 15 is 0 Å². The van der Waals surface area contributed by atoms with Gasteiger partial charge in [-0.2, -0.15) is 5.26 Å². The zero-order valence-electron chi connectivity index (χ0n) is 8.33. The average Bonchev–Trinajstić information content (AvgIpc) is 2.28. The molecular formula is C10H6F2N2O3. The number of aromatic carboxylic acids is 1. The van der Waals surface area contributed by atoms with Crippen molar-refractivity contribution < 1.29 is 23.5 Å². The van der Waals surface area contributed by atoms with Gasteiger partial charge in [0.15, 0.2) is 11.6 Å². The smallest absolute Gasteiger partial charge is 0.336 e. The lowest BCUT2D eigenvalue weighted by atomic mass is 10.1. The van der Waals surface area contributed by atoms with Crippen molar-refractivity contribution >= 4 is 11.9 Å². The molecule has 0 bridgehead atoms. The van der Waals surface area contributed by atoms with E-state index in [1.54, 1.807) is 6.07 Å². The van der Waals surface area contributed by atoms with E-state index in [4.69, 9.17) is 10.4 Å². The number of nitrogens with zero attached hydrogens (tertiary/aromatic N) is 1. The van der Waals surface area contributed by atoms with Crippen LogP contribution >= 0.6 is 0 Å². The Kier molecular flexibility index (Phi) is 3.72. The number of carboxylic acid groups (broad SMARTS) is 1. The van der Waals surface area contributed by atoms with E-state index in [-0.39, 0.29) is 6.54 Å². The molecule has 0 aliphatic heterocycles. The molecule has 0 spiro atoms. The second-order valence-corrected chi connectivity index (χ2v) is 2.96. The Hall–Kier alpha value is -2.49. The molecule has 1 aromatic carbocycles. The molecule has 0 aliphatic carbocycles. The number of carbonyl (C=O) groups is 2. The number of nitrogens with one attached hydrogen (secondary N) is 1. The maximum absolute atomic E-state index is 12.9. The predicted octanol–water partition coefficient (Wildman–Crippen LogP) is 0.916. The highest BCUT2D eigenvalue weighted by molar-refractivity contribution is 6.04. The number of hydrogen-bond donors (Lipinski definition) is 2. The third kappa shape index (κ3) is 2.75. The predicted molar refractivity (Wildman–Crippen MR) is 51.3 cm³/mol. The van der Waals surface area contributed by atoms with Gasteiger partial charge in [-0.1, -0.05) is 0 Å². The number of hydrogen-bond acceptors (Lipinski definition) is 3. The first-order valence-electron chi connectivity index (χ1n) is 4.35. The number of carboxylic acids is 1. The van der Waals surface area contributed by atoms with Gasteiger partial charge in [-0.05, 0) is 12.1 Å². The summed E-state index contributed by atoms with van der Waals surface area (Å²) in [5.74, 6) is -5.22. The van der Waals surface area contributed by atoms with E-state index in [1.807, 2.05) is 5.32 Å². The molecule has 1 aromatic rings. The number of halogens is 2. The molecule has 1 amide bonds. The van der Waals surface area contributed by atoms with Crippen molar-refractivity contribution in [2.45, 2.75) is 0 Å². The molecule has 5 nitrogen and oxygen atoms in total. The van der Waals surface area contributed by atoms with Crippen LogP contribution < -0.4 is 5.32 Å². The molecule has 0 radical (unpaired) electrons. The van der Waals surface area contributed by atoms with E-state index in [1.165, 1.54) is 0 Å². The second-order valence-electron chi connectivity index (χ2n) is 2.96. The Morgan fingerprint density at radius 1 is 1.29 bits per heavy atom. The summed E-state index contributed by atoms with van der Waals surface area (Å²) in [6.07, 6.45) is 0. The van der Waals surface area contributed by atoms with Crippen molar-refractivity contribution in [3.8, 4) is 6.07 Å². The molecular weight excluding hydrogens is 234 g/mol. The highest BCUT2D eigenvalue weighted by atomic mass is 19.2. The monoisotopic (exact) mass is 240 g/mol. The molecule has 0 aliphatic rings. The van der Waals surface area contributed by atoms with Crippen molar-refractivity contribution in [1.29, 1.82) is 5.26 Å². The second kappa shape index (κ2) is 5.03. The van der Waals surface area contributed by atoms with Crippen LogP contribution in [0.1, 0.15) is 20.7 Å². The lowest BCUT2D eigenvalue weighted by Gasteiger charge is -2.06. The SMILES string of the molecule is N#CCNC(=O)c1cc(F)c(F)cc1C(=O)O. The van der Waals surface area contributed by atoms with Gasteiger partial charge in [-0.3, -0.25) is 4.79 Å². The molecule has 0 atom stereocenters. The van der Waals surface area contributed by atoms with Crippen molar-refractivity contribution in [2.75, 3.05) is 6.54 Å². The lowest BCUT2D eigenvalue weighted by Crippen LogP contribution is -2.26. The minimum absolute atomic E-state index is 0.364. The maximum Gasteiger partial charge on any atom is 0.336 e. The van der Waals surface area contributed by atoms with Crippen LogP contribution in [0.5, 0.6) is 0 Å². The van der Waals surface area contributed by atoms with Gasteiger partial charge in [0.25, 0.3) is 5.91 Å². The van der Waals surface area contributed by atoms with Crippen LogP contribution in [0.4, 0.5) is 8.78 Å². The zero-order chi connectivity index (χ0) is 13.0. The summed E-state index contributed by atoms with van der Waals surface area (Å²) in [5.41, 5.74) is -1.20. The van der Waals surface area contributed by atoms with Crippen LogP contribution in [0.15, 0.2) is 12.1 Å². The summed E-state index contributed by atoms with van der Waals surface area (Å²) < 4.78 is 25.7. The Morgan fingerprint density at radius 2 is 1.82 bits per heavy atom. The highest BCUT2D eigenvalue weighted by Gasteiger charge is 2.20. The van der Waals surface area contributed by atoms with Crippen LogP contribution in [0, 0.1) is 23.0 Å². The van der Waals surface area contributed by atoms with E-state index in [0.717, 1.165) is 0 Å². The van der Waals surface area contributed by atoms with Crippen molar-refractivity contribution in [3.63, 3.8) is 0 Å². The standard InChI is InChI=1S/C10H6F2N2O3/c11-7-3-5(9(15)14-2-1-13)6(10(16)17)4-8(7)12/h3-4H,2H2,(H,14,15)(H,16,17). The summed E-state index contributed by atoms with van der Waals surface area (Å²) in [7, 11) is 0. The Bertz CT molecular complexity index is 523. The topological polar surface area (TPSA) is 90.2 Å². The zero-order valence-corrected chi connectivity index (χ0v) is 8.33. The normalized spacial score (nSPS) is 9.47. The quantitative estimate of drug-likeness (QED) is 0.768. The van der Waals surface area contributed by atoms with E-state index in [0.29, 0.717) is 12.1 Å². The fraction of sp³-hybridized carbons (Fsp3) is 0.100. The van der Waals surface area contributed by atoms with Gasteiger partial charge in [0.1, 0.15) is 6.54 Å². The molecule has 0 fully saturated rings. The fourth-order valence-corrected chi connectivity index (χ4v) is 1.13. The van der Waals surface area contributed by atoms with Crippen LogP contribution in [0.25, 0.3) is 0 Å². The Labute approximate surface area is 94.3 Å². The van der Waals surface area contributed by atoms with Gasteiger partial charge < -0.3 is 10.4 Å². The van der Waals surface area contributed by atoms with E-state index in [9.17, 15) is 18.4 Å². The summed E-state index contributed by atoms with van der Waals surface area (Å²) in [6.45, 7) is -0.364. The molecule has 1 rings (SSSR count). The first-order chi connectivity index (χ1) is 7.97. The number of amides is 1. The third-order valence-electron chi connectivity index (χ3n) is 1.86. The molecule has 0 saturated heterocycles. The molecule has 0 unspecified atom stereocenters. The molecule has 17 heavy (non-hydrogen) atoms. The van der Waals surface area contributed by atoms with Gasteiger partial charge in [-0.15, -0.1) is 0 Å². The molecule has 0 heterocycles. The van der Waals surface area contributed by atoms with Gasteiger partial charge in [0.05, 0.1) is 17.2 Å². The minimum atomic E-state index is -1.56. The van der Waals surface area contributed by atoms with Gasteiger partial charge in [-0.25, -0.2) is 13.6 Å². The number of benzene rings is 1. The number of carbonyl (C=O) groups excluding carboxylic acids is 1. The largest absolute Gasteiger partial charge is 0.478 e. The highest BCUT2D eigenvalue weighted by Crippen LogP contribution is 2.15. The minimum Gasteiger partial charge on any atom is -0.478 e. The van der Waals surface area contributed by atoms with Crippen LogP contribution in [0.2, 0.25) is 0 Å². The first kappa shape index (κ1) is 12.6.